The van der Waals surface area contributed by atoms with Gasteiger partial charge in [-0.1, -0.05) is 68.2 Å². The first-order chi connectivity index (χ1) is 12.9. The number of carbonyl (C=O) groups excluding carboxylic acids is 1. The molecule has 1 N–H and O–H groups in total. The van der Waals surface area contributed by atoms with Gasteiger partial charge in [-0.15, -0.1) is 0 Å². The van der Waals surface area contributed by atoms with Gasteiger partial charge in [-0.25, -0.2) is 4.79 Å². The van der Waals surface area contributed by atoms with Crippen LogP contribution in [0.15, 0.2) is 53.4 Å². The highest BCUT2D eigenvalue weighted by atomic mass is 32.2. The van der Waals surface area contributed by atoms with Crippen molar-refractivity contribution in [2.24, 2.45) is 0 Å². The van der Waals surface area contributed by atoms with Gasteiger partial charge in [0.05, 0.1) is 16.2 Å². The third-order valence-corrected chi connectivity index (χ3v) is 5.91. The van der Waals surface area contributed by atoms with Crippen LogP contribution >= 0.6 is 24.0 Å². The zero-order chi connectivity index (χ0) is 19.6. The second-order valence-corrected chi connectivity index (χ2v) is 7.99. The van der Waals surface area contributed by atoms with E-state index >= 15 is 0 Å². The van der Waals surface area contributed by atoms with Gasteiger partial charge in [-0.05, 0) is 47.7 Å². The second-order valence-electron chi connectivity index (χ2n) is 6.31. The van der Waals surface area contributed by atoms with Crippen molar-refractivity contribution in [2.75, 3.05) is 4.90 Å². The highest BCUT2D eigenvalue weighted by molar-refractivity contribution is 8.27. The lowest BCUT2D eigenvalue weighted by atomic mass is 9.98. The molecule has 1 aliphatic rings. The quantitative estimate of drug-likeness (QED) is 0.548. The Bertz CT molecular complexity index is 935. The van der Waals surface area contributed by atoms with Gasteiger partial charge in [-0.2, -0.15) is 0 Å². The standard InChI is InChI=1S/C21H19NO3S2/c1-3-13(2)14-8-10-16(11-9-14)22-19(23)18(27-21(22)26)12-15-6-4-5-7-17(15)20(24)25/h4-13H,3H2,1-2H3,(H,24,25)/b18-12+. The summed E-state index contributed by atoms with van der Waals surface area (Å²) in [6, 6.07) is 14.4. The van der Waals surface area contributed by atoms with E-state index in [0.717, 1.165) is 12.1 Å². The van der Waals surface area contributed by atoms with Gasteiger partial charge in [0.25, 0.3) is 5.91 Å². The largest absolute Gasteiger partial charge is 0.478 e. The number of hydrogen-bond acceptors (Lipinski definition) is 4. The molecule has 6 heteroatoms. The van der Waals surface area contributed by atoms with Gasteiger partial charge in [0.2, 0.25) is 0 Å². The number of hydrogen-bond donors (Lipinski definition) is 1. The summed E-state index contributed by atoms with van der Waals surface area (Å²) in [5, 5.41) is 9.32. The van der Waals surface area contributed by atoms with E-state index in [-0.39, 0.29) is 11.5 Å². The fourth-order valence-corrected chi connectivity index (χ4v) is 4.13. The summed E-state index contributed by atoms with van der Waals surface area (Å²) in [7, 11) is 0. The van der Waals surface area contributed by atoms with Crippen LogP contribution in [0.4, 0.5) is 5.69 Å². The van der Waals surface area contributed by atoms with E-state index in [0.29, 0.717) is 20.7 Å². The van der Waals surface area contributed by atoms with Crippen molar-refractivity contribution >= 4 is 51.9 Å². The lowest BCUT2D eigenvalue weighted by Crippen LogP contribution is -2.27. The molecule has 27 heavy (non-hydrogen) atoms. The molecule has 1 saturated heterocycles. The first kappa shape index (κ1) is 19.3. The summed E-state index contributed by atoms with van der Waals surface area (Å²) in [6.07, 6.45) is 2.64. The minimum atomic E-state index is -1.03. The van der Waals surface area contributed by atoms with Gasteiger partial charge in [0.15, 0.2) is 4.32 Å². The molecule has 1 atom stereocenters. The van der Waals surface area contributed by atoms with Crippen LogP contribution in [0, 0.1) is 0 Å². The molecular weight excluding hydrogens is 378 g/mol. The monoisotopic (exact) mass is 397 g/mol. The van der Waals surface area contributed by atoms with Crippen molar-refractivity contribution in [1.29, 1.82) is 0 Å². The molecule has 0 saturated carbocycles. The summed E-state index contributed by atoms with van der Waals surface area (Å²) in [5.74, 6) is -0.808. The lowest BCUT2D eigenvalue weighted by molar-refractivity contribution is -0.113. The van der Waals surface area contributed by atoms with E-state index < -0.39 is 5.97 Å². The van der Waals surface area contributed by atoms with Crippen molar-refractivity contribution in [3.63, 3.8) is 0 Å². The van der Waals surface area contributed by atoms with Crippen molar-refractivity contribution in [1.82, 2.24) is 0 Å². The Hall–Kier alpha value is -2.44. The average Bonchev–Trinajstić information content (AvgIpc) is 2.95. The maximum Gasteiger partial charge on any atom is 0.336 e. The van der Waals surface area contributed by atoms with Gasteiger partial charge in [0.1, 0.15) is 0 Å². The normalized spacial score (nSPS) is 16.8. The number of anilines is 1. The number of nitrogens with zero attached hydrogens (tertiary/aromatic N) is 1. The highest BCUT2D eigenvalue weighted by Gasteiger charge is 2.33. The van der Waals surface area contributed by atoms with E-state index in [1.807, 2.05) is 24.3 Å². The summed E-state index contributed by atoms with van der Waals surface area (Å²) >= 11 is 6.58. The molecule has 0 aliphatic carbocycles. The number of thioether (sulfide) groups is 1. The molecule has 0 spiro atoms. The fourth-order valence-electron chi connectivity index (χ4n) is 2.84. The molecule has 2 aromatic rings. The molecule has 1 fully saturated rings. The molecular formula is C21H19NO3S2. The van der Waals surface area contributed by atoms with E-state index in [1.54, 1.807) is 24.3 Å². The Morgan fingerprint density at radius 1 is 1.22 bits per heavy atom. The Morgan fingerprint density at radius 3 is 2.52 bits per heavy atom. The van der Waals surface area contributed by atoms with Crippen molar-refractivity contribution in [3.05, 3.63) is 70.1 Å². The van der Waals surface area contributed by atoms with Crippen LogP contribution < -0.4 is 4.90 Å². The maximum absolute atomic E-state index is 12.9. The summed E-state index contributed by atoms with van der Waals surface area (Å²) in [4.78, 5) is 26.2. The molecule has 0 radical (unpaired) electrons. The number of thiocarbonyl (C=S) groups is 1. The third kappa shape index (κ3) is 3.96. The smallest absolute Gasteiger partial charge is 0.336 e. The number of carbonyl (C=O) groups is 2. The molecule has 2 aromatic carbocycles. The Kier molecular flexibility index (Phi) is 5.77. The van der Waals surface area contributed by atoms with Crippen LogP contribution in [0.5, 0.6) is 0 Å². The lowest BCUT2D eigenvalue weighted by Gasteiger charge is -2.16. The molecule has 3 rings (SSSR count). The Morgan fingerprint density at radius 2 is 1.89 bits per heavy atom. The number of benzene rings is 2. The minimum Gasteiger partial charge on any atom is -0.478 e. The van der Waals surface area contributed by atoms with Gasteiger partial charge in [0, 0.05) is 0 Å². The van der Waals surface area contributed by atoms with E-state index in [2.05, 4.69) is 13.8 Å². The highest BCUT2D eigenvalue weighted by Crippen LogP contribution is 2.36. The van der Waals surface area contributed by atoms with Crippen molar-refractivity contribution in [2.45, 2.75) is 26.2 Å². The fraction of sp³-hybridized carbons (Fsp3) is 0.190. The zero-order valence-electron chi connectivity index (χ0n) is 15.0. The number of carboxylic acids is 1. The third-order valence-electron chi connectivity index (χ3n) is 4.60. The number of amides is 1. The molecule has 1 aliphatic heterocycles. The molecule has 1 heterocycles. The predicted molar refractivity (Wildman–Crippen MR) is 114 cm³/mol. The zero-order valence-corrected chi connectivity index (χ0v) is 16.6. The van der Waals surface area contributed by atoms with Crippen LogP contribution in [0.25, 0.3) is 6.08 Å². The predicted octanol–water partition coefficient (Wildman–Crippen LogP) is 5.30. The second kappa shape index (κ2) is 8.06. The van der Waals surface area contributed by atoms with Crippen molar-refractivity contribution in [3.8, 4) is 0 Å². The summed E-state index contributed by atoms with van der Waals surface area (Å²) < 4.78 is 0.440. The molecule has 0 aromatic heterocycles. The van der Waals surface area contributed by atoms with Crippen molar-refractivity contribution < 1.29 is 14.7 Å². The first-order valence-electron chi connectivity index (χ1n) is 8.62. The Balaban J connectivity index is 1.91. The van der Waals surface area contributed by atoms with Crippen LogP contribution in [-0.2, 0) is 4.79 Å². The first-order valence-corrected chi connectivity index (χ1v) is 9.85. The number of aromatic carboxylic acids is 1. The van der Waals surface area contributed by atoms with E-state index in [9.17, 15) is 14.7 Å². The number of carboxylic acid groups (broad SMARTS) is 1. The topological polar surface area (TPSA) is 57.6 Å². The number of rotatable bonds is 5. The van der Waals surface area contributed by atoms with Gasteiger partial charge >= 0.3 is 5.97 Å². The SMILES string of the molecule is CCC(C)c1ccc(N2C(=O)/C(=C\c3ccccc3C(=O)O)SC2=S)cc1. The Labute approximate surface area is 167 Å². The molecule has 1 unspecified atom stereocenters. The van der Waals surface area contributed by atoms with Crippen LogP contribution in [0.1, 0.15) is 47.7 Å². The van der Waals surface area contributed by atoms with Crippen LogP contribution in [-0.4, -0.2) is 21.3 Å². The molecule has 1 amide bonds. The summed E-state index contributed by atoms with van der Waals surface area (Å²) in [6.45, 7) is 4.30. The summed E-state index contributed by atoms with van der Waals surface area (Å²) in [5.41, 5.74) is 2.58. The minimum absolute atomic E-state index is 0.153. The van der Waals surface area contributed by atoms with Crippen LogP contribution in [0.2, 0.25) is 0 Å². The van der Waals surface area contributed by atoms with E-state index in [1.165, 1.54) is 28.3 Å². The van der Waals surface area contributed by atoms with Gasteiger partial charge in [-0.3, -0.25) is 9.69 Å². The van der Waals surface area contributed by atoms with Crippen LogP contribution in [0.3, 0.4) is 0 Å². The maximum atomic E-state index is 12.9. The van der Waals surface area contributed by atoms with Gasteiger partial charge < -0.3 is 5.11 Å². The molecule has 138 valence electrons. The molecule has 4 nitrogen and oxygen atoms in total. The van der Waals surface area contributed by atoms with E-state index in [4.69, 9.17) is 12.2 Å². The average molecular weight is 398 g/mol. The molecule has 0 bridgehead atoms.